The quantitative estimate of drug-likeness (QED) is 0.465. The van der Waals surface area contributed by atoms with Crippen molar-refractivity contribution in [2.24, 2.45) is 9.98 Å². The minimum atomic E-state index is 0.297. The number of fused-ring (bicyclic) bond motifs is 1. The molecule has 0 fully saturated rings. The molecule has 0 atom stereocenters. The molecule has 0 saturated carbocycles. The number of para-hydroxylation sites is 2. The molecule has 1 aliphatic heterocycles. The van der Waals surface area contributed by atoms with E-state index in [1.807, 2.05) is 24.3 Å². The molecule has 0 aromatic heterocycles. The van der Waals surface area contributed by atoms with Crippen LogP contribution in [-0.4, -0.2) is 9.32 Å². The third-order valence-corrected chi connectivity index (χ3v) is 1.72. The van der Waals surface area contributed by atoms with Crippen LogP contribution in [0, 0.1) is 0 Å². The highest BCUT2D eigenvalue weighted by atomic mass is 32.1. The predicted molar refractivity (Wildman–Crippen MR) is 41.9 cm³/mol. The van der Waals surface area contributed by atoms with Gasteiger partial charge in [-0.1, -0.05) is 12.1 Å². The average Bonchev–Trinajstić information content (AvgIpc) is 2.46. The summed E-state index contributed by atoms with van der Waals surface area (Å²) in [4.78, 5) is 7.94. The summed E-state index contributed by atoms with van der Waals surface area (Å²) in [5.74, 6) is 0. The number of benzene rings is 1. The molecular weight excluding hydrogens is 160 g/mol. The number of rotatable bonds is 0. The maximum atomic E-state index is 10.3. The molecule has 11 heavy (non-hydrogen) atoms. The molecule has 4 heteroatoms. The van der Waals surface area contributed by atoms with Gasteiger partial charge in [0.05, 0.1) is 10.7 Å². The van der Waals surface area contributed by atoms with Gasteiger partial charge in [-0.2, -0.15) is 0 Å². The maximum absolute atomic E-state index is 10.3. The van der Waals surface area contributed by atoms with Crippen LogP contribution in [0.5, 0.6) is 0 Å². The van der Waals surface area contributed by atoms with E-state index in [-0.39, 0.29) is 0 Å². The van der Waals surface area contributed by atoms with Crippen molar-refractivity contribution >= 4 is 16.4 Å². The zero-order valence-electron chi connectivity index (χ0n) is 5.52. The summed E-state index contributed by atoms with van der Waals surface area (Å²) in [5.41, 5.74) is 0. The number of hydrogen-bond donors (Lipinski definition) is 0. The topological polar surface area (TPSA) is 41.8 Å². The van der Waals surface area contributed by atoms with Gasteiger partial charge in [-0.15, -0.1) is 0 Å². The fourth-order valence-corrected chi connectivity index (χ4v) is 1.19. The van der Waals surface area contributed by atoms with Gasteiger partial charge in [-0.25, -0.2) is 14.2 Å². The average molecular weight is 164 g/mol. The van der Waals surface area contributed by atoms with Gasteiger partial charge in [0, 0.05) is 0 Å². The van der Waals surface area contributed by atoms with Gasteiger partial charge in [0.15, 0.2) is 0 Å². The summed E-state index contributed by atoms with van der Waals surface area (Å²) in [6.45, 7) is 0. The molecule has 1 aromatic carbocycles. The fraction of sp³-hybridized carbons (Fsp3) is 0. The van der Waals surface area contributed by atoms with Gasteiger partial charge in [0.25, 0.3) is 0 Å². The van der Waals surface area contributed by atoms with Gasteiger partial charge in [-0.3, -0.25) is 0 Å². The van der Waals surface area contributed by atoms with Crippen LogP contribution in [0.15, 0.2) is 34.3 Å². The van der Waals surface area contributed by atoms with Crippen molar-refractivity contribution in [3.05, 3.63) is 35.0 Å². The highest BCUT2D eigenvalue weighted by Gasteiger charge is 1.99. The summed E-state index contributed by atoms with van der Waals surface area (Å²) in [5, 5.41) is 1.86. The Bertz CT molecular complexity index is 423. The Labute approximate surface area is 66.2 Å². The van der Waals surface area contributed by atoms with Crippen molar-refractivity contribution in [2.75, 3.05) is 0 Å². The molecule has 0 radical (unpaired) electrons. The third-order valence-electron chi connectivity index (χ3n) is 1.39. The van der Waals surface area contributed by atoms with Crippen molar-refractivity contribution in [1.29, 1.82) is 0 Å². The van der Waals surface area contributed by atoms with Crippen molar-refractivity contribution < 1.29 is 4.21 Å². The monoisotopic (exact) mass is 164 g/mol. The Hall–Kier alpha value is -1.29. The molecule has 0 N–H and O–H groups in total. The van der Waals surface area contributed by atoms with Crippen molar-refractivity contribution in [2.45, 2.75) is 0 Å². The molecule has 1 heterocycles. The zero-order chi connectivity index (χ0) is 7.68. The van der Waals surface area contributed by atoms with Crippen molar-refractivity contribution in [1.82, 2.24) is 0 Å². The second-order valence-corrected chi connectivity index (χ2v) is 2.61. The molecule has 0 saturated heterocycles. The fourth-order valence-electron chi connectivity index (χ4n) is 0.922. The van der Waals surface area contributed by atoms with Crippen molar-refractivity contribution in [3.63, 3.8) is 0 Å². The molecule has 0 bridgehead atoms. The van der Waals surface area contributed by atoms with Crippen LogP contribution in [0.2, 0.25) is 0 Å². The van der Waals surface area contributed by atoms with Gasteiger partial charge < -0.3 is 0 Å². The second-order valence-electron chi connectivity index (χ2n) is 2.08. The Morgan fingerprint density at radius 2 is 1.64 bits per heavy atom. The molecular formula is C7H4N2OS. The SMILES string of the molecule is O=S=C1N=c2ccccc2=N1. The summed E-state index contributed by atoms with van der Waals surface area (Å²) in [6, 6.07) is 7.41. The summed E-state index contributed by atoms with van der Waals surface area (Å²) in [6.07, 6.45) is 0. The van der Waals surface area contributed by atoms with Crippen LogP contribution in [-0.2, 0) is 11.3 Å². The van der Waals surface area contributed by atoms with E-state index >= 15 is 0 Å². The first-order valence-corrected chi connectivity index (χ1v) is 3.83. The van der Waals surface area contributed by atoms with E-state index < -0.39 is 0 Å². The largest absolute Gasteiger partial charge is 0.249 e. The Kier molecular flexibility index (Phi) is 1.40. The zero-order valence-corrected chi connectivity index (χ0v) is 6.34. The van der Waals surface area contributed by atoms with E-state index in [0.29, 0.717) is 16.4 Å². The van der Waals surface area contributed by atoms with Crippen LogP contribution in [0.3, 0.4) is 0 Å². The molecule has 0 aliphatic carbocycles. The van der Waals surface area contributed by atoms with E-state index in [0.717, 1.165) is 10.7 Å². The van der Waals surface area contributed by atoms with Crippen LogP contribution in [0.1, 0.15) is 0 Å². The number of nitrogens with zero attached hydrogens (tertiary/aromatic N) is 2. The summed E-state index contributed by atoms with van der Waals surface area (Å²) in [7, 11) is 0. The molecule has 54 valence electrons. The normalized spacial score (nSPS) is 13.3. The van der Waals surface area contributed by atoms with Gasteiger partial charge in [-0.05, 0) is 12.1 Å². The van der Waals surface area contributed by atoms with E-state index in [9.17, 15) is 4.21 Å². The van der Waals surface area contributed by atoms with Crippen LogP contribution in [0.4, 0.5) is 0 Å². The molecule has 0 unspecified atom stereocenters. The minimum Gasteiger partial charge on any atom is -0.215 e. The molecule has 1 aromatic rings. The Morgan fingerprint density at radius 3 is 2.09 bits per heavy atom. The van der Waals surface area contributed by atoms with Crippen LogP contribution in [0.25, 0.3) is 0 Å². The summed E-state index contributed by atoms with van der Waals surface area (Å²) < 4.78 is 10.3. The first kappa shape index (κ1) is 6.42. The lowest BCUT2D eigenvalue weighted by Gasteiger charge is -1.75. The predicted octanol–water partition coefficient (Wildman–Crippen LogP) is -0.760. The van der Waals surface area contributed by atoms with Gasteiger partial charge in [0.2, 0.25) is 5.11 Å². The first-order chi connectivity index (χ1) is 5.40. The molecule has 0 amide bonds. The lowest BCUT2D eigenvalue weighted by molar-refractivity contribution is 0.700. The van der Waals surface area contributed by atoms with E-state index in [2.05, 4.69) is 9.98 Å². The summed E-state index contributed by atoms with van der Waals surface area (Å²) >= 11 is 0.322. The maximum Gasteiger partial charge on any atom is 0.249 e. The molecule has 2 rings (SSSR count). The molecule has 1 aliphatic rings. The van der Waals surface area contributed by atoms with Crippen LogP contribution >= 0.6 is 0 Å². The standard InChI is InChI=1S/C7H4N2OS/c10-11-7-8-5-3-1-2-4-6(5)9-7/h1-4H. The highest BCUT2D eigenvalue weighted by Crippen LogP contribution is 1.81. The van der Waals surface area contributed by atoms with Crippen molar-refractivity contribution in [3.8, 4) is 0 Å². The highest BCUT2D eigenvalue weighted by molar-refractivity contribution is 7.66. The van der Waals surface area contributed by atoms with E-state index in [1.54, 1.807) is 0 Å². The Balaban J connectivity index is 2.91. The lowest BCUT2D eigenvalue weighted by Crippen LogP contribution is -2.19. The second kappa shape index (κ2) is 2.39. The molecule has 0 spiro atoms. The van der Waals surface area contributed by atoms with E-state index in [4.69, 9.17) is 0 Å². The first-order valence-electron chi connectivity index (χ1n) is 3.09. The van der Waals surface area contributed by atoms with Gasteiger partial charge >= 0.3 is 0 Å². The third kappa shape index (κ3) is 1.01. The molecule has 3 nitrogen and oxygen atoms in total. The number of hydrogen-bond acceptors (Lipinski definition) is 1. The van der Waals surface area contributed by atoms with Crippen LogP contribution < -0.4 is 10.7 Å². The Morgan fingerprint density at radius 1 is 1.09 bits per heavy atom. The minimum absolute atomic E-state index is 0.297. The van der Waals surface area contributed by atoms with Gasteiger partial charge in [0.1, 0.15) is 11.3 Å². The van der Waals surface area contributed by atoms with E-state index in [1.165, 1.54) is 0 Å². The smallest absolute Gasteiger partial charge is 0.215 e. The lowest BCUT2D eigenvalue weighted by atomic mass is 10.3.